The average Bonchev–Trinajstić information content (AvgIpc) is 1.94. The summed E-state index contributed by atoms with van der Waals surface area (Å²) in [6.07, 6.45) is 3.71. The highest BCUT2D eigenvalue weighted by atomic mass is 32.1. The van der Waals surface area contributed by atoms with E-state index >= 15 is 0 Å². The number of nitrogens with zero attached hydrogens (tertiary/aromatic N) is 2. The Morgan fingerprint density at radius 1 is 1.80 bits per heavy atom. The van der Waals surface area contributed by atoms with Crippen molar-refractivity contribution in [1.29, 1.82) is 0 Å². The highest BCUT2D eigenvalue weighted by Gasteiger charge is 1.84. The molecule has 52 valence electrons. The van der Waals surface area contributed by atoms with Crippen LogP contribution in [0.25, 0.3) is 0 Å². The van der Waals surface area contributed by atoms with Crippen molar-refractivity contribution in [2.45, 2.75) is 0 Å². The van der Waals surface area contributed by atoms with Crippen molar-refractivity contribution in [3.05, 3.63) is 23.2 Å². The zero-order valence-electron chi connectivity index (χ0n) is 5.02. The van der Waals surface area contributed by atoms with Crippen LogP contribution in [0.1, 0.15) is 0 Å². The third-order valence-corrected chi connectivity index (χ3v) is 1.21. The fourth-order valence-corrected chi connectivity index (χ4v) is 0.687. The summed E-state index contributed by atoms with van der Waals surface area (Å²) >= 11 is 4.75. The molecule has 5 heteroatoms. The lowest BCUT2D eigenvalue weighted by Crippen LogP contribution is -2.13. The van der Waals surface area contributed by atoms with Gasteiger partial charge in [-0.05, 0) is 18.3 Å². The molecule has 0 fully saturated rings. The summed E-state index contributed by atoms with van der Waals surface area (Å²) in [5.41, 5.74) is 2.35. The smallest absolute Gasteiger partial charge is 0.226 e. The Morgan fingerprint density at radius 2 is 2.60 bits per heavy atom. The van der Waals surface area contributed by atoms with Gasteiger partial charge in [-0.15, -0.1) is 0 Å². The molecule has 0 saturated carbocycles. The minimum atomic E-state index is 0.328. The van der Waals surface area contributed by atoms with E-state index in [1.54, 1.807) is 18.5 Å². The second kappa shape index (κ2) is 3.07. The maximum Gasteiger partial charge on any atom is 0.226 e. The fraction of sp³-hybridized carbons (Fsp3) is 0. The van der Waals surface area contributed by atoms with Crippen molar-refractivity contribution in [2.24, 2.45) is 0 Å². The summed E-state index contributed by atoms with van der Waals surface area (Å²) in [4.78, 5) is 13.7. The Bertz CT molecular complexity index is 282. The number of hydrogen-bond donors (Lipinski definition) is 1. The standard InChI is InChI=1S/C5H5N3OS/c9-4-7-8-3-1-2-6-5(8)10/h1-4H,(H,7,9). The van der Waals surface area contributed by atoms with Crippen LogP contribution in [0.5, 0.6) is 0 Å². The minimum absolute atomic E-state index is 0.328. The van der Waals surface area contributed by atoms with Gasteiger partial charge in [-0.3, -0.25) is 10.2 Å². The van der Waals surface area contributed by atoms with E-state index in [0.717, 1.165) is 0 Å². The monoisotopic (exact) mass is 155 g/mol. The van der Waals surface area contributed by atoms with Gasteiger partial charge in [0.05, 0.1) is 0 Å². The first-order chi connectivity index (χ1) is 4.84. The van der Waals surface area contributed by atoms with E-state index in [4.69, 9.17) is 12.2 Å². The SMILES string of the molecule is O=CNn1cccnc1=S. The van der Waals surface area contributed by atoms with E-state index in [1.807, 2.05) is 0 Å². The number of carbonyl (C=O) groups is 1. The summed E-state index contributed by atoms with van der Waals surface area (Å²) < 4.78 is 1.68. The highest BCUT2D eigenvalue weighted by molar-refractivity contribution is 7.71. The van der Waals surface area contributed by atoms with Crippen LogP contribution in [0.2, 0.25) is 0 Å². The molecule has 10 heavy (non-hydrogen) atoms. The van der Waals surface area contributed by atoms with E-state index in [2.05, 4.69) is 10.4 Å². The predicted octanol–water partition coefficient (Wildman–Crippen LogP) is 0.312. The van der Waals surface area contributed by atoms with Crippen molar-refractivity contribution in [3.63, 3.8) is 0 Å². The molecular weight excluding hydrogens is 150 g/mol. The lowest BCUT2D eigenvalue weighted by atomic mass is 10.7. The van der Waals surface area contributed by atoms with Gasteiger partial charge in [0.2, 0.25) is 11.2 Å². The lowest BCUT2D eigenvalue weighted by Gasteiger charge is -1.99. The van der Waals surface area contributed by atoms with Crippen molar-refractivity contribution < 1.29 is 4.79 Å². The molecule has 0 aliphatic carbocycles. The number of rotatable bonds is 2. The van der Waals surface area contributed by atoms with Gasteiger partial charge in [0.15, 0.2) is 0 Å². The van der Waals surface area contributed by atoms with Gasteiger partial charge in [0.25, 0.3) is 0 Å². The number of nitrogens with one attached hydrogen (secondary N) is 1. The quantitative estimate of drug-likeness (QED) is 0.494. The molecule has 0 aromatic carbocycles. The van der Waals surface area contributed by atoms with E-state index in [1.165, 1.54) is 4.68 Å². The maximum absolute atomic E-state index is 9.92. The summed E-state index contributed by atoms with van der Waals surface area (Å²) in [6.45, 7) is 0. The molecule has 0 unspecified atom stereocenters. The molecule has 0 aliphatic heterocycles. The van der Waals surface area contributed by atoms with Crippen molar-refractivity contribution in [2.75, 3.05) is 5.43 Å². The zero-order chi connectivity index (χ0) is 7.40. The first-order valence-corrected chi connectivity index (χ1v) is 2.99. The highest BCUT2D eigenvalue weighted by Crippen LogP contribution is 1.82. The summed E-state index contributed by atoms with van der Waals surface area (Å²) in [6, 6.07) is 1.67. The molecule has 1 aromatic heterocycles. The van der Waals surface area contributed by atoms with Crippen LogP contribution in [-0.2, 0) is 4.79 Å². The molecule has 0 bridgehead atoms. The molecule has 0 saturated heterocycles. The molecule has 1 N–H and O–H groups in total. The lowest BCUT2D eigenvalue weighted by molar-refractivity contribution is -0.106. The van der Waals surface area contributed by atoms with Gasteiger partial charge in [0, 0.05) is 12.4 Å². The van der Waals surface area contributed by atoms with E-state index in [0.29, 0.717) is 11.2 Å². The molecule has 1 rings (SSSR count). The first kappa shape index (κ1) is 6.88. The summed E-state index contributed by atoms with van der Waals surface area (Å²) in [5.74, 6) is 0. The van der Waals surface area contributed by atoms with Crippen LogP contribution in [0.15, 0.2) is 18.5 Å². The third kappa shape index (κ3) is 1.38. The van der Waals surface area contributed by atoms with Crippen LogP contribution in [0.4, 0.5) is 0 Å². The molecule has 1 aromatic rings. The second-order valence-corrected chi connectivity index (χ2v) is 1.88. The third-order valence-electron chi connectivity index (χ3n) is 0.904. The average molecular weight is 155 g/mol. The van der Waals surface area contributed by atoms with Gasteiger partial charge in [0.1, 0.15) is 0 Å². The molecule has 4 nitrogen and oxygen atoms in total. The van der Waals surface area contributed by atoms with Crippen LogP contribution >= 0.6 is 12.2 Å². The van der Waals surface area contributed by atoms with E-state index in [-0.39, 0.29) is 0 Å². The second-order valence-electron chi connectivity index (χ2n) is 1.52. The van der Waals surface area contributed by atoms with Gasteiger partial charge >= 0.3 is 0 Å². The largest absolute Gasteiger partial charge is 0.277 e. The van der Waals surface area contributed by atoms with Crippen LogP contribution in [0, 0.1) is 4.77 Å². The Hall–Kier alpha value is -1.23. The molecule has 0 spiro atoms. The Morgan fingerprint density at radius 3 is 3.20 bits per heavy atom. The van der Waals surface area contributed by atoms with Crippen LogP contribution in [-0.4, -0.2) is 16.1 Å². The topological polar surface area (TPSA) is 46.9 Å². The first-order valence-electron chi connectivity index (χ1n) is 2.58. The maximum atomic E-state index is 9.92. The Labute approximate surface area is 62.5 Å². The fourth-order valence-electron chi connectivity index (χ4n) is 0.512. The van der Waals surface area contributed by atoms with Crippen molar-refractivity contribution >= 4 is 18.6 Å². The Kier molecular flexibility index (Phi) is 2.11. The van der Waals surface area contributed by atoms with E-state index in [9.17, 15) is 4.79 Å². The molecule has 1 heterocycles. The zero-order valence-corrected chi connectivity index (χ0v) is 5.84. The summed E-state index contributed by atoms with van der Waals surface area (Å²) in [7, 11) is 0. The van der Waals surface area contributed by atoms with Crippen molar-refractivity contribution in [3.8, 4) is 0 Å². The van der Waals surface area contributed by atoms with Crippen LogP contribution in [0.3, 0.4) is 0 Å². The summed E-state index contributed by atoms with van der Waals surface area (Å²) in [5, 5.41) is 0. The molecule has 1 amide bonds. The predicted molar refractivity (Wildman–Crippen MR) is 38.5 cm³/mol. The molecule has 0 radical (unpaired) electrons. The van der Waals surface area contributed by atoms with E-state index < -0.39 is 0 Å². The molecule has 0 aliphatic rings. The van der Waals surface area contributed by atoms with Gasteiger partial charge in [-0.25, -0.2) is 9.66 Å². The van der Waals surface area contributed by atoms with Crippen molar-refractivity contribution in [1.82, 2.24) is 9.66 Å². The van der Waals surface area contributed by atoms with Crippen LogP contribution < -0.4 is 5.43 Å². The number of carbonyl (C=O) groups excluding carboxylic acids is 1. The normalized spacial score (nSPS) is 8.80. The minimum Gasteiger partial charge on any atom is -0.277 e. The number of aromatic nitrogens is 2. The number of hydrogen-bond acceptors (Lipinski definition) is 3. The molecular formula is C5H5N3OS. The van der Waals surface area contributed by atoms with Gasteiger partial charge in [-0.1, -0.05) is 0 Å². The van der Waals surface area contributed by atoms with Gasteiger partial charge in [-0.2, -0.15) is 0 Å². The molecule has 0 atom stereocenters. The Balaban J connectivity index is 3.03. The van der Waals surface area contributed by atoms with Gasteiger partial charge < -0.3 is 0 Å². The number of amides is 1.